The van der Waals surface area contributed by atoms with Crippen LogP contribution in [0, 0.1) is 0 Å². The molecule has 0 aromatic heterocycles. The maximum absolute atomic E-state index is 14.7. The number of hydrogen-bond donors (Lipinski definition) is 2. The third-order valence-electron chi connectivity index (χ3n) is 4.16. The molecule has 0 fully saturated rings. The van der Waals surface area contributed by atoms with Crippen molar-refractivity contribution >= 4 is 23.3 Å². The van der Waals surface area contributed by atoms with Crippen LogP contribution < -0.4 is 10.6 Å². The highest BCUT2D eigenvalue weighted by Crippen LogP contribution is 2.55. The molecule has 0 saturated carbocycles. The first-order valence-electron chi connectivity index (χ1n) is 8.34. The molecule has 1 aliphatic heterocycles. The second kappa shape index (κ2) is 8.20. The fraction of sp³-hybridized carbons (Fsp3) is 0.412. The van der Waals surface area contributed by atoms with E-state index in [0.717, 1.165) is 0 Å². The van der Waals surface area contributed by atoms with Gasteiger partial charge in [-0.1, -0.05) is 30.3 Å². The van der Waals surface area contributed by atoms with Crippen molar-refractivity contribution in [1.29, 1.82) is 0 Å². The molecule has 1 atom stereocenters. The molecule has 172 valence electrons. The monoisotopic (exact) mass is 480 g/mol. The van der Waals surface area contributed by atoms with Crippen LogP contribution in [0.15, 0.2) is 41.6 Å². The first-order chi connectivity index (χ1) is 14.1. The Morgan fingerprint density at radius 1 is 1.00 bits per heavy atom. The molecule has 0 aliphatic carbocycles. The van der Waals surface area contributed by atoms with Gasteiger partial charge in [-0.3, -0.25) is 0 Å². The number of thiocarbonyl (C=S) groups is 1. The third-order valence-corrected chi connectivity index (χ3v) is 4.38. The van der Waals surface area contributed by atoms with Crippen molar-refractivity contribution in [2.75, 3.05) is 6.61 Å². The number of ether oxygens (including phenoxy) is 1. The van der Waals surface area contributed by atoms with Crippen molar-refractivity contribution in [2.45, 2.75) is 36.9 Å². The molecule has 2 rings (SSSR count). The first-order valence-corrected chi connectivity index (χ1v) is 8.74. The molecule has 1 aromatic rings. The summed E-state index contributed by atoms with van der Waals surface area (Å²) in [7, 11) is 0. The standard InChI is InChI=1S/C17H13F9N2O2S/c1-2-30-12(29)9-10(8-6-4-3-5-7-8)27-13(31)28-11(9)14(18,19)15(20,21)16(22,23)17(24,25)26/h3-7,10H,2H2,1H3,(H2,27,28,31)/t10-/m0/s1. The number of esters is 1. The van der Waals surface area contributed by atoms with Gasteiger partial charge in [-0.2, -0.15) is 39.5 Å². The van der Waals surface area contributed by atoms with Crippen molar-refractivity contribution in [3.8, 4) is 0 Å². The lowest BCUT2D eigenvalue weighted by atomic mass is 9.90. The summed E-state index contributed by atoms with van der Waals surface area (Å²) in [5, 5.41) is 2.95. The molecule has 31 heavy (non-hydrogen) atoms. The highest BCUT2D eigenvalue weighted by Gasteiger charge is 2.83. The molecule has 0 saturated heterocycles. The average Bonchev–Trinajstić information content (AvgIpc) is 2.66. The maximum Gasteiger partial charge on any atom is 0.460 e. The largest absolute Gasteiger partial charge is 0.463 e. The second-order valence-electron chi connectivity index (χ2n) is 6.17. The zero-order valence-corrected chi connectivity index (χ0v) is 16.1. The Labute approximate surface area is 174 Å². The normalized spacial score (nSPS) is 18.4. The van der Waals surface area contributed by atoms with Gasteiger partial charge in [-0.25, -0.2) is 4.79 Å². The zero-order valence-electron chi connectivity index (χ0n) is 15.3. The molecule has 0 unspecified atom stereocenters. The molecule has 14 heteroatoms. The van der Waals surface area contributed by atoms with E-state index in [9.17, 15) is 44.3 Å². The van der Waals surface area contributed by atoms with E-state index in [1.165, 1.54) is 42.6 Å². The van der Waals surface area contributed by atoms with E-state index in [1.807, 2.05) is 0 Å². The van der Waals surface area contributed by atoms with Crippen molar-refractivity contribution in [2.24, 2.45) is 0 Å². The van der Waals surface area contributed by atoms with Gasteiger partial charge in [0.25, 0.3) is 0 Å². The summed E-state index contributed by atoms with van der Waals surface area (Å²) in [6.07, 6.45) is -7.02. The van der Waals surface area contributed by atoms with Gasteiger partial charge in [0.2, 0.25) is 0 Å². The predicted molar refractivity (Wildman–Crippen MR) is 92.6 cm³/mol. The van der Waals surface area contributed by atoms with E-state index < -0.39 is 58.9 Å². The molecule has 0 radical (unpaired) electrons. The summed E-state index contributed by atoms with van der Waals surface area (Å²) >= 11 is 4.63. The molecule has 1 heterocycles. The summed E-state index contributed by atoms with van der Waals surface area (Å²) in [6.45, 7) is 0.788. The number of nitrogens with one attached hydrogen (secondary N) is 2. The first kappa shape index (κ1) is 24.8. The highest BCUT2D eigenvalue weighted by atomic mass is 32.1. The number of benzene rings is 1. The summed E-state index contributed by atoms with van der Waals surface area (Å²) in [6, 6.07) is 5.02. The van der Waals surface area contributed by atoms with Crippen LogP contribution in [0.2, 0.25) is 0 Å². The van der Waals surface area contributed by atoms with E-state index in [-0.39, 0.29) is 5.56 Å². The third kappa shape index (κ3) is 4.16. The molecule has 2 N–H and O–H groups in total. The fourth-order valence-electron chi connectivity index (χ4n) is 2.67. The van der Waals surface area contributed by atoms with Crippen molar-refractivity contribution in [3.05, 3.63) is 47.2 Å². The van der Waals surface area contributed by atoms with Crippen LogP contribution in [0.5, 0.6) is 0 Å². The minimum absolute atomic E-state index is 0.00593. The van der Waals surface area contributed by atoms with Crippen LogP contribution in [-0.2, 0) is 9.53 Å². The highest BCUT2D eigenvalue weighted by molar-refractivity contribution is 7.80. The molecule has 0 amide bonds. The van der Waals surface area contributed by atoms with Gasteiger partial charge in [0.1, 0.15) is 5.70 Å². The van der Waals surface area contributed by atoms with Gasteiger partial charge in [0.05, 0.1) is 18.2 Å². The lowest BCUT2D eigenvalue weighted by Gasteiger charge is -2.39. The van der Waals surface area contributed by atoms with Gasteiger partial charge < -0.3 is 15.4 Å². The van der Waals surface area contributed by atoms with Crippen LogP contribution in [-0.4, -0.2) is 41.6 Å². The Bertz CT molecular complexity index is 885. The smallest absolute Gasteiger partial charge is 0.460 e. The lowest BCUT2D eigenvalue weighted by Crippen LogP contribution is -2.64. The number of rotatable bonds is 6. The summed E-state index contributed by atoms with van der Waals surface area (Å²) in [4.78, 5) is 12.3. The number of allylic oxidation sites excluding steroid dienone is 1. The van der Waals surface area contributed by atoms with E-state index in [2.05, 4.69) is 22.3 Å². The van der Waals surface area contributed by atoms with Crippen molar-refractivity contribution in [1.82, 2.24) is 10.6 Å². The van der Waals surface area contributed by atoms with E-state index in [0.29, 0.717) is 0 Å². The number of carbonyl (C=O) groups is 1. The number of hydrogen-bond acceptors (Lipinski definition) is 3. The molecule has 4 nitrogen and oxygen atoms in total. The van der Waals surface area contributed by atoms with Gasteiger partial charge in [0.15, 0.2) is 5.11 Å². The summed E-state index contributed by atoms with van der Waals surface area (Å²) in [5.74, 6) is -22.0. The molecular weight excluding hydrogens is 467 g/mol. The maximum atomic E-state index is 14.7. The van der Waals surface area contributed by atoms with Gasteiger partial charge in [-0.15, -0.1) is 0 Å². The van der Waals surface area contributed by atoms with Gasteiger partial charge in [0, 0.05) is 0 Å². The molecule has 1 aliphatic rings. The Hall–Kier alpha value is -2.51. The summed E-state index contributed by atoms with van der Waals surface area (Å²) in [5.41, 5.74) is -3.56. The Kier molecular flexibility index (Phi) is 6.55. The zero-order chi connectivity index (χ0) is 23.8. The van der Waals surface area contributed by atoms with Crippen LogP contribution in [0.1, 0.15) is 18.5 Å². The van der Waals surface area contributed by atoms with Crippen LogP contribution in [0.3, 0.4) is 0 Å². The van der Waals surface area contributed by atoms with Crippen molar-refractivity contribution < 1.29 is 49.0 Å². The van der Waals surface area contributed by atoms with Crippen LogP contribution in [0.4, 0.5) is 39.5 Å². The minimum Gasteiger partial charge on any atom is -0.463 e. The SMILES string of the molecule is CCOC(=O)C1=C(C(F)(F)C(F)(F)C(F)(F)C(F)(F)F)NC(=S)N[C@H]1c1ccccc1. The molecular formula is C17H13F9N2O2S. The number of carbonyl (C=O) groups excluding carboxylic acids is 1. The van der Waals surface area contributed by atoms with Crippen molar-refractivity contribution in [3.63, 3.8) is 0 Å². The molecule has 0 spiro atoms. The van der Waals surface area contributed by atoms with Gasteiger partial charge >= 0.3 is 29.9 Å². The average molecular weight is 480 g/mol. The quantitative estimate of drug-likeness (QED) is 0.357. The fourth-order valence-corrected chi connectivity index (χ4v) is 2.89. The minimum atomic E-state index is -7.15. The summed E-state index contributed by atoms with van der Waals surface area (Å²) < 4.78 is 126. The Balaban J connectivity index is 2.79. The second-order valence-corrected chi connectivity index (χ2v) is 6.58. The topological polar surface area (TPSA) is 50.4 Å². The van der Waals surface area contributed by atoms with Crippen LogP contribution >= 0.6 is 12.2 Å². The Morgan fingerprint density at radius 3 is 2.03 bits per heavy atom. The number of alkyl halides is 9. The van der Waals surface area contributed by atoms with Crippen LogP contribution in [0.25, 0.3) is 0 Å². The molecule has 1 aromatic carbocycles. The van der Waals surface area contributed by atoms with E-state index >= 15 is 0 Å². The Morgan fingerprint density at radius 2 is 1.55 bits per heavy atom. The van der Waals surface area contributed by atoms with E-state index in [1.54, 1.807) is 0 Å². The van der Waals surface area contributed by atoms with Gasteiger partial charge in [-0.05, 0) is 24.7 Å². The molecule has 0 bridgehead atoms. The predicted octanol–water partition coefficient (Wildman–Crippen LogP) is 4.49. The van der Waals surface area contributed by atoms with E-state index in [4.69, 9.17) is 0 Å². The lowest BCUT2D eigenvalue weighted by molar-refractivity contribution is -0.390. The number of halogens is 9.